The zero-order chi connectivity index (χ0) is 11.7. The van der Waals surface area contributed by atoms with Crippen LogP contribution < -0.4 is 5.32 Å². The standard InChI is InChI=1S/C9H17NO3S2/c1-7(9(12)10-2)6-15-14-5-4-8(11)13-3/h7H,4-6H2,1-3H3,(H,10,12)/t7-/m0/s1. The predicted molar refractivity (Wildman–Crippen MR) is 64.8 cm³/mol. The minimum atomic E-state index is -0.192. The average molecular weight is 251 g/mol. The Bertz CT molecular complexity index is 212. The summed E-state index contributed by atoms with van der Waals surface area (Å²) in [6.45, 7) is 1.88. The Balaban J connectivity index is 3.38. The number of amides is 1. The summed E-state index contributed by atoms with van der Waals surface area (Å²) in [6, 6.07) is 0. The van der Waals surface area contributed by atoms with Crippen LogP contribution in [0.25, 0.3) is 0 Å². The molecule has 0 saturated heterocycles. The van der Waals surface area contributed by atoms with E-state index < -0.39 is 0 Å². The second kappa shape index (κ2) is 8.91. The van der Waals surface area contributed by atoms with Gasteiger partial charge in [-0.3, -0.25) is 9.59 Å². The van der Waals surface area contributed by atoms with Crippen LogP contribution in [-0.4, -0.2) is 37.5 Å². The number of carbonyl (C=O) groups is 2. The number of hydrogen-bond acceptors (Lipinski definition) is 5. The lowest BCUT2D eigenvalue weighted by Gasteiger charge is -2.08. The third kappa shape index (κ3) is 7.56. The first-order chi connectivity index (χ1) is 7.11. The van der Waals surface area contributed by atoms with Gasteiger partial charge in [0.25, 0.3) is 0 Å². The fourth-order valence-electron chi connectivity index (χ4n) is 0.758. The molecule has 15 heavy (non-hydrogen) atoms. The van der Waals surface area contributed by atoms with Gasteiger partial charge in [0.1, 0.15) is 0 Å². The molecule has 0 radical (unpaired) electrons. The van der Waals surface area contributed by atoms with Crippen LogP contribution in [0.5, 0.6) is 0 Å². The highest BCUT2D eigenvalue weighted by Crippen LogP contribution is 2.24. The maximum absolute atomic E-state index is 11.1. The summed E-state index contributed by atoms with van der Waals surface area (Å²) in [6.07, 6.45) is 0.419. The number of ether oxygens (including phenoxy) is 1. The molecule has 0 rings (SSSR count). The van der Waals surface area contributed by atoms with Gasteiger partial charge in [0, 0.05) is 24.5 Å². The first-order valence-electron chi connectivity index (χ1n) is 4.64. The number of hydrogen-bond donors (Lipinski definition) is 1. The Morgan fingerprint density at radius 3 is 2.60 bits per heavy atom. The highest BCUT2D eigenvalue weighted by Gasteiger charge is 2.10. The molecule has 0 aliphatic heterocycles. The van der Waals surface area contributed by atoms with Crippen molar-refractivity contribution in [2.24, 2.45) is 5.92 Å². The lowest BCUT2D eigenvalue weighted by Crippen LogP contribution is -2.26. The van der Waals surface area contributed by atoms with Crippen molar-refractivity contribution in [1.29, 1.82) is 0 Å². The quantitative estimate of drug-likeness (QED) is 0.420. The van der Waals surface area contributed by atoms with Gasteiger partial charge in [-0.25, -0.2) is 0 Å². The van der Waals surface area contributed by atoms with Gasteiger partial charge in [-0.2, -0.15) is 0 Å². The molecule has 0 aromatic rings. The van der Waals surface area contributed by atoms with Gasteiger partial charge in [0.05, 0.1) is 13.5 Å². The van der Waals surface area contributed by atoms with E-state index in [4.69, 9.17) is 0 Å². The van der Waals surface area contributed by atoms with Crippen molar-refractivity contribution < 1.29 is 14.3 Å². The summed E-state index contributed by atoms with van der Waals surface area (Å²) >= 11 is 0. The zero-order valence-electron chi connectivity index (χ0n) is 9.24. The summed E-state index contributed by atoms with van der Waals surface area (Å²) in [5.74, 6) is 1.34. The normalized spacial score (nSPS) is 11.9. The summed E-state index contributed by atoms with van der Waals surface area (Å²) in [5.41, 5.74) is 0. The molecule has 0 aromatic carbocycles. The molecule has 0 unspecified atom stereocenters. The van der Waals surface area contributed by atoms with E-state index in [0.717, 1.165) is 11.5 Å². The average Bonchev–Trinajstić information content (AvgIpc) is 2.26. The fraction of sp³-hybridized carbons (Fsp3) is 0.778. The van der Waals surface area contributed by atoms with E-state index in [9.17, 15) is 9.59 Å². The summed E-state index contributed by atoms with van der Waals surface area (Å²) in [7, 11) is 6.21. The largest absolute Gasteiger partial charge is 0.469 e. The van der Waals surface area contributed by atoms with Crippen LogP contribution in [-0.2, 0) is 14.3 Å². The van der Waals surface area contributed by atoms with E-state index in [1.165, 1.54) is 7.11 Å². The minimum absolute atomic E-state index is 0.00521. The molecule has 1 N–H and O–H groups in total. The third-order valence-corrected chi connectivity index (χ3v) is 4.29. The van der Waals surface area contributed by atoms with Crippen molar-refractivity contribution >= 4 is 33.5 Å². The Hall–Kier alpha value is -0.360. The smallest absolute Gasteiger partial charge is 0.306 e. The van der Waals surface area contributed by atoms with Crippen molar-refractivity contribution in [2.45, 2.75) is 13.3 Å². The zero-order valence-corrected chi connectivity index (χ0v) is 10.9. The second-order valence-corrected chi connectivity index (χ2v) is 5.58. The molecule has 0 spiro atoms. The maximum atomic E-state index is 11.1. The Kier molecular flexibility index (Phi) is 8.70. The maximum Gasteiger partial charge on any atom is 0.306 e. The molecule has 88 valence electrons. The van der Waals surface area contributed by atoms with Crippen LogP contribution in [0, 0.1) is 5.92 Å². The van der Waals surface area contributed by atoms with Crippen LogP contribution in [0.3, 0.4) is 0 Å². The number of methoxy groups -OCH3 is 1. The first kappa shape index (κ1) is 14.6. The van der Waals surface area contributed by atoms with E-state index >= 15 is 0 Å². The molecule has 0 aliphatic carbocycles. The van der Waals surface area contributed by atoms with Crippen LogP contribution in [0.2, 0.25) is 0 Å². The predicted octanol–water partition coefficient (Wildman–Crippen LogP) is 1.31. The van der Waals surface area contributed by atoms with Crippen LogP contribution >= 0.6 is 21.6 Å². The van der Waals surface area contributed by atoms with Crippen molar-refractivity contribution in [3.8, 4) is 0 Å². The summed E-state index contributed by atoms with van der Waals surface area (Å²) in [5, 5.41) is 2.60. The Morgan fingerprint density at radius 2 is 2.07 bits per heavy atom. The molecule has 0 fully saturated rings. The molecule has 4 nitrogen and oxygen atoms in total. The van der Waals surface area contributed by atoms with Gasteiger partial charge in [0.2, 0.25) is 5.91 Å². The second-order valence-electron chi connectivity index (χ2n) is 2.95. The van der Waals surface area contributed by atoms with Gasteiger partial charge in [0.15, 0.2) is 0 Å². The Morgan fingerprint density at radius 1 is 1.40 bits per heavy atom. The SMILES string of the molecule is CNC(=O)[C@@H](C)CSSCCC(=O)OC. The van der Waals surface area contributed by atoms with E-state index in [0.29, 0.717) is 6.42 Å². The third-order valence-electron chi connectivity index (χ3n) is 1.71. The highest BCUT2D eigenvalue weighted by molar-refractivity contribution is 8.76. The summed E-state index contributed by atoms with van der Waals surface area (Å²) in [4.78, 5) is 21.9. The van der Waals surface area contributed by atoms with Crippen molar-refractivity contribution in [3.05, 3.63) is 0 Å². The number of carbonyl (C=O) groups excluding carboxylic acids is 2. The highest BCUT2D eigenvalue weighted by atomic mass is 33.1. The van der Waals surface area contributed by atoms with E-state index in [2.05, 4.69) is 10.1 Å². The van der Waals surface area contributed by atoms with Crippen LogP contribution in [0.1, 0.15) is 13.3 Å². The molecular weight excluding hydrogens is 234 g/mol. The number of esters is 1. The topological polar surface area (TPSA) is 55.4 Å². The molecule has 1 atom stereocenters. The monoisotopic (exact) mass is 251 g/mol. The van der Waals surface area contributed by atoms with E-state index in [1.54, 1.807) is 28.6 Å². The van der Waals surface area contributed by atoms with Gasteiger partial charge >= 0.3 is 5.97 Å². The van der Waals surface area contributed by atoms with Gasteiger partial charge in [-0.15, -0.1) is 0 Å². The van der Waals surface area contributed by atoms with Crippen molar-refractivity contribution in [1.82, 2.24) is 5.32 Å². The van der Waals surface area contributed by atoms with Crippen molar-refractivity contribution in [3.63, 3.8) is 0 Å². The molecule has 0 aliphatic rings. The van der Waals surface area contributed by atoms with Gasteiger partial charge < -0.3 is 10.1 Å². The number of rotatable bonds is 7. The van der Waals surface area contributed by atoms with Gasteiger partial charge in [-0.05, 0) is 0 Å². The van der Waals surface area contributed by atoms with E-state index in [1.807, 2.05) is 6.92 Å². The van der Waals surface area contributed by atoms with Gasteiger partial charge in [-0.1, -0.05) is 28.5 Å². The summed E-state index contributed by atoms with van der Waals surface area (Å²) < 4.78 is 4.51. The molecule has 0 heterocycles. The van der Waals surface area contributed by atoms with E-state index in [-0.39, 0.29) is 17.8 Å². The lowest BCUT2D eigenvalue weighted by atomic mass is 10.2. The molecule has 0 saturated carbocycles. The minimum Gasteiger partial charge on any atom is -0.469 e. The Labute approximate surface area is 98.3 Å². The van der Waals surface area contributed by atoms with Crippen LogP contribution in [0.15, 0.2) is 0 Å². The molecule has 6 heteroatoms. The fourth-order valence-corrected chi connectivity index (χ4v) is 3.08. The molecule has 0 aromatic heterocycles. The number of nitrogens with one attached hydrogen (secondary N) is 1. The first-order valence-corrected chi connectivity index (χ1v) is 7.13. The molecule has 0 bridgehead atoms. The van der Waals surface area contributed by atoms with Crippen LogP contribution in [0.4, 0.5) is 0 Å². The van der Waals surface area contributed by atoms with Crippen molar-refractivity contribution in [2.75, 3.05) is 25.7 Å². The lowest BCUT2D eigenvalue weighted by molar-refractivity contribution is -0.140. The molecule has 1 amide bonds. The molecular formula is C9H17NO3S2.